The van der Waals surface area contributed by atoms with Gasteiger partial charge in [0.05, 0.1) is 25.4 Å². The van der Waals surface area contributed by atoms with E-state index in [2.05, 4.69) is 39.6 Å². The Labute approximate surface area is 193 Å². The molecule has 0 radical (unpaired) electrons. The van der Waals surface area contributed by atoms with Gasteiger partial charge in [-0.25, -0.2) is 4.68 Å². The molecule has 1 N–H and O–H groups in total. The molecule has 2 aliphatic rings. The van der Waals surface area contributed by atoms with Crippen LogP contribution in [0.2, 0.25) is 0 Å². The van der Waals surface area contributed by atoms with Gasteiger partial charge in [0.2, 0.25) is 0 Å². The average molecular weight is 448 g/mol. The molecule has 1 saturated carbocycles. The molecular formula is C25H29N5O3. The summed E-state index contributed by atoms with van der Waals surface area (Å²) in [6, 6.07) is 16.9. The molecule has 2 fully saturated rings. The molecule has 1 amide bonds. The molecule has 1 atom stereocenters. The lowest BCUT2D eigenvalue weighted by molar-refractivity contribution is 0.0672. The van der Waals surface area contributed by atoms with Crippen LogP contribution in [0.25, 0.3) is 0 Å². The van der Waals surface area contributed by atoms with Crippen LogP contribution in [0.15, 0.2) is 54.7 Å². The number of carbonyl (C=O) groups is 1. The van der Waals surface area contributed by atoms with Gasteiger partial charge < -0.3 is 14.8 Å². The number of hydrogen-bond acceptors (Lipinski definition) is 6. The topological polar surface area (TPSA) is 81.5 Å². The highest BCUT2D eigenvalue weighted by molar-refractivity contribution is 5.92. The Hall–Kier alpha value is -3.39. The van der Waals surface area contributed by atoms with Crippen molar-refractivity contribution in [3.8, 4) is 11.5 Å². The number of rotatable bonds is 9. The quantitative estimate of drug-likeness (QED) is 0.542. The van der Waals surface area contributed by atoms with Gasteiger partial charge in [-0.05, 0) is 55.2 Å². The van der Waals surface area contributed by atoms with E-state index in [4.69, 9.17) is 9.47 Å². The molecular weight excluding hydrogens is 418 g/mol. The number of ether oxygens (including phenoxy) is 2. The number of likely N-dealkylation sites (tertiary alicyclic amines) is 1. The van der Waals surface area contributed by atoms with E-state index in [1.165, 1.54) is 5.56 Å². The van der Waals surface area contributed by atoms with Crippen molar-refractivity contribution in [2.75, 3.05) is 20.2 Å². The summed E-state index contributed by atoms with van der Waals surface area (Å²) in [5.41, 5.74) is 2.72. The minimum absolute atomic E-state index is 0.137. The van der Waals surface area contributed by atoms with Crippen LogP contribution in [0, 0.1) is 0 Å². The number of amides is 1. The Balaban J connectivity index is 1.07. The summed E-state index contributed by atoms with van der Waals surface area (Å²) in [6.45, 7) is 4.34. The Morgan fingerprint density at radius 1 is 1.09 bits per heavy atom. The van der Waals surface area contributed by atoms with Crippen molar-refractivity contribution < 1.29 is 14.3 Å². The van der Waals surface area contributed by atoms with E-state index >= 15 is 0 Å². The largest absolute Gasteiger partial charge is 0.497 e. The maximum atomic E-state index is 12.4. The summed E-state index contributed by atoms with van der Waals surface area (Å²) in [5, 5.41) is 11.1. The van der Waals surface area contributed by atoms with Gasteiger partial charge in [-0.1, -0.05) is 29.5 Å². The second kappa shape index (κ2) is 9.23. The number of hydrogen-bond donors (Lipinski definition) is 1. The Morgan fingerprint density at radius 3 is 2.45 bits per heavy atom. The van der Waals surface area contributed by atoms with Gasteiger partial charge in [0.15, 0.2) is 5.69 Å². The standard InChI is InChI=1S/C25H29N5O3/c1-17(19-5-11-23(12-6-19)33-16-18-3-9-22(32-2)10-4-18)29-13-20(14-29)26-25(31)24-15-30(28-27-24)21-7-8-21/h3-6,9-12,15,17,20-21H,7-8,13-14,16H2,1-2H3,(H,26,31). The molecule has 2 heterocycles. The third kappa shape index (κ3) is 5.01. The van der Waals surface area contributed by atoms with Crippen LogP contribution in [-0.2, 0) is 6.61 Å². The fourth-order valence-corrected chi connectivity index (χ4v) is 4.02. The summed E-state index contributed by atoms with van der Waals surface area (Å²) >= 11 is 0. The molecule has 1 aliphatic carbocycles. The second-order valence-corrected chi connectivity index (χ2v) is 8.82. The zero-order chi connectivity index (χ0) is 22.8. The number of carbonyl (C=O) groups excluding carboxylic acids is 1. The molecule has 8 nitrogen and oxygen atoms in total. The smallest absolute Gasteiger partial charge is 0.273 e. The van der Waals surface area contributed by atoms with E-state index in [9.17, 15) is 4.79 Å². The average Bonchev–Trinajstić information content (AvgIpc) is 3.56. The maximum Gasteiger partial charge on any atom is 0.273 e. The summed E-state index contributed by atoms with van der Waals surface area (Å²) in [5.74, 6) is 1.54. The first kappa shape index (κ1) is 21.5. The highest BCUT2D eigenvalue weighted by Crippen LogP contribution is 2.33. The van der Waals surface area contributed by atoms with Crippen LogP contribution in [-0.4, -0.2) is 52.0 Å². The zero-order valence-electron chi connectivity index (χ0n) is 19.0. The van der Waals surface area contributed by atoms with Crippen LogP contribution >= 0.6 is 0 Å². The van der Waals surface area contributed by atoms with Crippen molar-refractivity contribution in [3.63, 3.8) is 0 Å². The van der Waals surface area contributed by atoms with Gasteiger partial charge in [-0.2, -0.15) is 0 Å². The first-order chi connectivity index (χ1) is 16.1. The lowest BCUT2D eigenvalue weighted by Gasteiger charge is -2.43. The summed E-state index contributed by atoms with van der Waals surface area (Å²) < 4.78 is 12.9. The van der Waals surface area contributed by atoms with Gasteiger partial charge in [0.1, 0.15) is 18.1 Å². The van der Waals surface area contributed by atoms with Crippen molar-refractivity contribution in [2.45, 2.75) is 44.5 Å². The second-order valence-electron chi connectivity index (χ2n) is 8.82. The SMILES string of the molecule is COc1ccc(COc2ccc(C(C)N3CC(NC(=O)c4cn(C5CC5)nn4)C3)cc2)cc1. The van der Waals surface area contributed by atoms with E-state index < -0.39 is 0 Å². The molecule has 0 bridgehead atoms. The summed E-state index contributed by atoms with van der Waals surface area (Å²) in [7, 11) is 1.66. The minimum Gasteiger partial charge on any atom is -0.497 e. The highest BCUT2D eigenvalue weighted by Gasteiger charge is 2.33. The van der Waals surface area contributed by atoms with Gasteiger partial charge in [0.25, 0.3) is 5.91 Å². The van der Waals surface area contributed by atoms with Crippen LogP contribution < -0.4 is 14.8 Å². The third-order valence-corrected chi connectivity index (χ3v) is 6.38. The van der Waals surface area contributed by atoms with Crippen molar-refractivity contribution in [3.05, 3.63) is 71.5 Å². The number of methoxy groups -OCH3 is 1. The van der Waals surface area contributed by atoms with E-state index in [0.29, 0.717) is 18.3 Å². The fraction of sp³-hybridized carbons (Fsp3) is 0.400. The van der Waals surface area contributed by atoms with Gasteiger partial charge in [0, 0.05) is 19.1 Å². The Kier molecular flexibility index (Phi) is 6.00. The van der Waals surface area contributed by atoms with Crippen molar-refractivity contribution in [2.24, 2.45) is 0 Å². The van der Waals surface area contributed by atoms with Crippen molar-refractivity contribution >= 4 is 5.91 Å². The zero-order valence-corrected chi connectivity index (χ0v) is 19.0. The molecule has 1 unspecified atom stereocenters. The van der Waals surface area contributed by atoms with E-state index in [0.717, 1.165) is 43.0 Å². The molecule has 1 saturated heterocycles. The van der Waals surface area contributed by atoms with Gasteiger partial charge in [-0.15, -0.1) is 5.10 Å². The van der Waals surface area contributed by atoms with Crippen molar-refractivity contribution in [1.29, 1.82) is 0 Å². The first-order valence-corrected chi connectivity index (χ1v) is 11.4. The van der Waals surface area contributed by atoms with E-state index in [1.807, 2.05) is 36.4 Å². The molecule has 3 aromatic rings. The fourth-order valence-electron chi connectivity index (χ4n) is 4.02. The van der Waals surface area contributed by atoms with Crippen LogP contribution in [0.4, 0.5) is 0 Å². The van der Waals surface area contributed by atoms with Crippen molar-refractivity contribution in [1.82, 2.24) is 25.2 Å². The predicted molar refractivity (Wildman–Crippen MR) is 123 cm³/mol. The molecule has 8 heteroatoms. The molecule has 0 spiro atoms. The molecule has 172 valence electrons. The third-order valence-electron chi connectivity index (χ3n) is 6.38. The van der Waals surface area contributed by atoms with E-state index in [1.54, 1.807) is 18.0 Å². The number of aromatic nitrogens is 3. The van der Waals surface area contributed by atoms with Crippen LogP contribution in [0.1, 0.15) is 53.5 Å². The molecule has 1 aromatic heterocycles. The minimum atomic E-state index is -0.141. The van der Waals surface area contributed by atoms with Gasteiger partial charge in [-0.3, -0.25) is 9.69 Å². The van der Waals surface area contributed by atoms with E-state index in [-0.39, 0.29) is 18.0 Å². The predicted octanol–water partition coefficient (Wildman–Crippen LogP) is 3.38. The number of benzene rings is 2. The molecule has 1 aliphatic heterocycles. The molecule has 33 heavy (non-hydrogen) atoms. The van der Waals surface area contributed by atoms with Gasteiger partial charge >= 0.3 is 0 Å². The molecule has 5 rings (SSSR count). The van der Waals surface area contributed by atoms with Crippen LogP contribution in [0.5, 0.6) is 11.5 Å². The highest BCUT2D eigenvalue weighted by atomic mass is 16.5. The maximum absolute atomic E-state index is 12.4. The lowest BCUT2D eigenvalue weighted by Crippen LogP contribution is -2.59. The normalized spacial score (nSPS) is 17.3. The summed E-state index contributed by atoms with van der Waals surface area (Å²) in [4.78, 5) is 14.8. The lowest BCUT2D eigenvalue weighted by atomic mass is 10.0. The van der Waals surface area contributed by atoms with Crippen LogP contribution in [0.3, 0.4) is 0 Å². The number of nitrogens with one attached hydrogen (secondary N) is 1. The summed E-state index contributed by atoms with van der Waals surface area (Å²) in [6.07, 6.45) is 4.00. The molecule has 2 aromatic carbocycles. The number of nitrogens with zero attached hydrogens (tertiary/aromatic N) is 4. The monoisotopic (exact) mass is 447 g/mol. The Morgan fingerprint density at radius 2 is 1.79 bits per heavy atom. The Bertz CT molecular complexity index is 1090. The first-order valence-electron chi connectivity index (χ1n) is 11.4.